The van der Waals surface area contributed by atoms with Gasteiger partial charge in [-0.25, -0.2) is 0 Å². The summed E-state index contributed by atoms with van der Waals surface area (Å²) in [7, 11) is 1.24. The number of nitrogens with two attached hydrogens (primary N) is 1. The molecule has 9 heteroatoms. The Morgan fingerprint density at radius 2 is 1.40 bits per heavy atom. The van der Waals surface area contributed by atoms with Crippen molar-refractivity contribution in [1.29, 1.82) is 0 Å². The monoisotopic (exact) mass is 563 g/mol. The number of methoxy groups -OCH3 is 1. The van der Waals surface area contributed by atoms with Crippen LogP contribution < -0.4 is 15.2 Å². The highest BCUT2D eigenvalue weighted by Crippen LogP contribution is 2.32. The van der Waals surface area contributed by atoms with Crippen LogP contribution in [0, 0.1) is 5.92 Å². The number of hydrogen-bond donors (Lipinski definition) is 1. The second-order valence-corrected chi connectivity index (χ2v) is 10.9. The van der Waals surface area contributed by atoms with E-state index in [-0.39, 0.29) is 49.6 Å². The van der Waals surface area contributed by atoms with Crippen molar-refractivity contribution in [1.82, 2.24) is 0 Å². The molecule has 1 aromatic rings. The van der Waals surface area contributed by atoms with Gasteiger partial charge >= 0.3 is 23.9 Å². The zero-order chi connectivity index (χ0) is 30.1. The lowest BCUT2D eigenvalue weighted by atomic mass is 9.86. The smallest absolute Gasteiger partial charge is 0.326 e. The van der Waals surface area contributed by atoms with E-state index in [2.05, 4.69) is 0 Å². The van der Waals surface area contributed by atoms with Crippen LogP contribution >= 0.6 is 0 Å². The maximum atomic E-state index is 12.8. The van der Waals surface area contributed by atoms with Crippen molar-refractivity contribution in [2.24, 2.45) is 11.7 Å². The summed E-state index contributed by atoms with van der Waals surface area (Å²) in [5.41, 5.74) is 5.59. The van der Waals surface area contributed by atoms with E-state index in [4.69, 9.17) is 24.7 Å². The van der Waals surface area contributed by atoms with Crippen molar-refractivity contribution in [3.63, 3.8) is 0 Å². The van der Waals surface area contributed by atoms with Gasteiger partial charge in [-0.2, -0.15) is 0 Å². The zero-order valence-corrected chi connectivity index (χ0v) is 25.2. The molecule has 40 heavy (non-hydrogen) atoms. The number of carbonyl (C=O) groups excluding carboxylic acids is 4. The highest BCUT2D eigenvalue weighted by Gasteiger charge is 2.38. The molecule has 0 aliphatic carbocycles. The number of hydrogen-bond acceptors (Lipinski definition) is 9. The summed E-state index contributed by atoms with van der Waals surface area (Å²) in [4.78, 5) is 49.9. The summed E-state index contributed by atoms with van der Waals surface area (Å²) in [6, 6.07) is 4.75. The summed E-state index contributed by atoms with van der Waals surface area (Å²) in [6.45, 7) is 9.81. The van der Waals surface area contributed by atoms with E-state index in [9.17, 15) is 19.2 Å². The molecular formula is C31H49NO8. The number of ether oxygens (including phenoxy) is 4. The standard InChI is InChI=1S/C31H49NO8/c1-7-9-11-13-27(33)39-25-17-16-24(19-26(25)40-28(34)14-12-10-8-2)21-31(32,30(36)37-6)20-23(5)38-29(35)18-15-22(3)4/h16-17,19,22-23H,7-15,18,20-21,32H2,1-6H3/t23?,31-/m1/s1. The minimum absolute atomic E-state index is 0.0126. The van der Waals surface area contributed by atoms with Crippen molar-refractivity contribution < 1.29 is 38.1 Å². The van der Waals surface area contributed by atoms with Gasteiger partial charge in [0.15, 0.2) is 11.5 Å². The van der Waals surface area contributed by atoms with Crippen LogP contribution in [0.15, 0.2) is 18.2 Å². The fourth-order valence-electron chi connectivity index (χ4n) is 4.25. The van der Waals surface area contributed by atoms with Crippen LogP contribution in [0.5, 0.6) is 11.5 Å². The predicted molar refractivity (Wildman–Crippen MR) is 153 cm³/mol. The third-order valence-electron chi connectivity index (χ3n) is 6.45. The van der Waals surface area contributed by atoms with Gasteiger partial charge in [0.25, 0.3) is 0 Å². The van der Waals surface area contributed by atoms with Crippen molar-refractivity contribution in [2.75, 3.05) is 7.11 Å². The molecule has 0 radical (unpaired) electrons. The molecule has 2 atom stereocenters. The van der Waals surface area contributed by atoms with Gasteiger partial charge in [-0.15, -0.1) is 0 Å². The molecule has 0 aliphatic heterocycles. The zero-order valence-electron chi connectivity index (χ0n) is 25.2. The van der Waals surface area contributed by atoms with Crippen LogP contribution in [-0.4, -0.2) is 42.6 Å². The molecule has 1 rings (SSSR count). The van der Waals surface area contributed by atoms with Crippen LogP contribution in [0.4, 0.5) is 0 Å². The summed E-state index contributed by atoms with van der Waals surface area (Å²) in [5, 5.41) is 0. The number of rotatable bonds is 19. The third-order valence-corrected chi connectivity index (χ3v) is 6.45. The van der Waals surface area contributed by atoms with Gasteiger partial charge in [-0.05, 0) is 49.8 Å². The second-order valence-electron chi connectivity index (χ2n) is 10.9. The lowest BCUT2D eigenvalue weighted by molar-refractivity contribution is -0.155. The molecule has 0 saturated heterocycles. The van der Waals surface area contributed by atoms with Gasteiger partial charge in [0.1, 0.15) is 11.6 Å². The van der Waals surface area contributed by atoms with E-state index in [1.165, 1.54) is 13.2 Å². The highest BCUT2D eigenvalue weighted by atomic mass is 16.6. The van der Waals surface area contributed by atoms with Crippen LogP contribution in [0.1, 0.15) is 111 Å². The Morgan fingerprint density at radius 3 is 1.93 bits per heavy atom. The van der Waals surface area contributed by atoms with Crippen LogP contribution in [0.25, 0.3) is 0 Å². The minimum Gasteiger partial charge on any atom is -0.468 e. The molecule has 2 N–H and O–H groups in total. The topological polar surface area (TPSA) is 131 Å². The molecular weight excluding hydrogens is 514 g/mol. The molecule has 0 bridgehead atoms. The van der Waals surface area contributed by atoms with E-state index in [1.807, 2.05) is 27.7 Å². The van der Waals surface area contributed by atoms with E-state index < -0.39 is 29.6 Å². The largest absolute Gasteiger partial charge is 0.468 e. The Bertz CT molecular complexity index is 961. The molecule has 0 spiro atoms. The van der Waals surface area contributed by atoms with Gasteiger partial charge in [-0.3, -0.25) is 19.2 Å². The molecule has 0 amide bonds. The summed E-state index contributed by atoms with van der Waals surface area (Å²) in [5.74, 6) is -1.30. The Labute approximate surface area is 239 Å². The van der Waals surface area contributed by atoms with Crippen LogP contribution in [0.2, 0.25) is 0 Å². The number of carbonyl (C=O) groups is 4. The summed E-state index contributed by atoms with van der Waals surface area (Å²) in [6.07, 6.45) is 5.97. The van der Waals surface area contributed by atoms with Crippen molar-refractivity contribution in [3.05, 3.63) is 23.8 Å². The average Bonchev–Trinajstić information content (AvgIpc) is 2.88. The van der Waals surface area contributed by atoms with E-state index in [0.29, 0.717) is 30.7 Å². The third kappa shape index (κ3) is 13.4. The van der Waals surface area contributed by atoms with Gasteiger partial charge in [0.05, 0.1) is 7.11 Å². The molecule has 0 aliphatic rings. The van der Waals surface area contributed by atoms with E-state index >= 15 is 0 Å². The number of unbranched alkanes of at least 4 members (excludes halogenated alkanes) is 4. The Morgan fingerprint density at radius 1 is 0.825 bits per heavy atom. The van der Waals surface area contributed by atoms with Gasteiger partial charge < -0.3 is 24.7 Å². The SMILES string of the molecule is CCCCCC(=O)Oc1ccc(C[C@](N)(CC(C)OC(=O)CCC(C)C)C(=O)OC)cc1OC(=O)CCCCC. The molecule has 0 aromatic heterocycles. The first-order chi connectivity index (χ1) is 18.9. The first-order valence-corrected chi connectivity index (χ1v) is 14.5. The molecule has 0 heterocycles. The van der Waals surface area contributed by atoms with Crippen LogP contribution in [-0.2, 0) is 35.1 Å². The average molecular weight is 564 g/mol. The van der Waals surface area contributed by atoms with Gasteiger partial charge in [0.2, 0.25) is 0 Å². The lowest BCUT2D eigenvalue weighted by Gasteiger charge is -2.29. The van der Waals surface area contributed by atoms with Crippen LogP contribution in [0.3, 0.4) is 0 Å². The molecule has 0 saturated carbocycles. The van der Waals surface area contributed by atoms with Crippen molar-refractivity contribution in [2.45, 2.75) is 123 Å². The molecule has 226 valence electrons. The first kappa shape index (κ1) is 35.1. The number of esters is 4. The molecule has 9 nitrogen and oxygen atoms in total. The fraction of sp³-hybridized carbons (Fsp3) is 0.677. The quantitative estimate of drug-likeness (QED) is 0.125. The maximum absolute atomic E-state index is 12.8. The predicted octanol–water partition coefficient (Wildman–Crippen LogP) is 5.83. The Balaban J connectivity index is 3.15. The normalized spacial score (nSPS) is 13.3. The minimum atomic E-state index is -1.52. The fourth-order valence-corrected chi connectivity index (χ4v) is 4.25. The second kappa shape index (κ2) is 18.4. The molecule has 0 fully saturated rings. The lowest BCUT2D eigenvalue weighted by Crippen LogP contribution is -2.53. The maximum Gasteiger partial charge on any atom is 0.326 e. The van der Waals surface area contributed by atoms with Gasteiger partial charge in [0, 0.05) is 32.1 Å². The summed E-state index contributed by atoms with van der Waals surface area (Å²) >= 11 is 0. The molecule has 1 aromatic carbocycles. The highest BCUT2D eigenvalue weighted by molar-refractivity contribution is 5.81. The van der Waals surface area contributed by atoms with E-state index in [0.717, 1.165) is 25.7 Å². The Hall–Kier alpha value is -2.94. The Kier molecular flexibility index (Phi) is 16.2. The number of benzene rings is 1. The van der Waals surface area contributed by atoms with E-state index in [1.54, 1.807) is 19.1 Å². The van der Waals surface area contributed by atoms with Crippen molar-refractivity contribution >= 4 is 23.9 Å². The summed E-state index contributed by atoms with van der Waals surface area (Å²) < 4.78 is 21.6. The molecule has 1 unspecified atom stereocenters. The first-order valence-electron chi connectivity index (χ1n) is 14.5. The van der Waals surface area contributed by atoms with Crippen molar-refractivity contribution in [3.8, 4) is 11.5 Å². The van der Waals surface area contributed by atoms with Gasteiger partial charge in [-0.1, -0.05) is 59.4 Å².